The first-order valence-corrected chi connectivity index (χ1v) is 14.9. The summed E-state index contributed by atoms with van der Waals surface area (Å²) in [5.41, 5.74) is 10.00. The number of rotatable bonds is 6. The third-order valence-electron chi connectivity index (χ3n) is 8.23. The average molecular weight is 564 g/mol. The Morgan fingerprint density at radius 3 is 1.73 bits per heavy atom. The van der Waals surface area contributed by atoms with Crippen LogP contribution < -0.4 is 4.90 Å². The van der Waals surface area contributed by atoms with E-state index < -0.39 is 0 Å². The van der Waals surface area contributed by atoms with Crippen LogP contribution in [-0.4, -0.2) is 0 Å². The van der Waals surface area contributed by atoms with Crippen molar-refractivity contribution in [2.75, 3.05) is 4.90 Å². The summed E-state index contributed by atoms with van der Waals surface area (Å²) in [7, 11) is 0. The van der Waals surface area contributed by atoms with E-state index in [1.54, 1.807) is 0 Å². The van der Waals surface area contributed by atoms with Gasteiger partial charge in [0.1, 0.15) is 11.3 Å². The van der Waals surface area contributed by atoms with E-state index in [0.29, 0.717) is 0 Å². The summed E-state index contributed by atoms with van der Waals surface area (Å²) in [5.74, 6) is 0.880. The van der Waals surface area contributed by atoms with Gasteiger partial charge in [-0.1, -0.05) is 121 Å². The molecule has 1 aromatic heterocycles. The quantitative estimate of drug-likeness (QED) is 0.200. The molecule has 0 saturated heterocycles. The minimum Gasteiger partial charge on any atom is -0.456 e. The van der Waals surface area contributed by atoms with Gasteiger partial charge >= 0.3 is 0 Å². The molecule has 0 N–H and O–H groups in total. The minimum absolute atomic E-state index is 0.880. The molecule has 8 aromatic rings. The second kappa shape index (κ2) is 11.1. The van der Waals surface area contributed by atoms with Gasteiger partial charge in [-0.15, -0.1) is 0 Å². The zero-order valence-corrected chi connectivity index (χ0v) is 24.1. The number of hydrogen-bond acceptors (Lipinski definition) is 2. The SMILES string of the molecule is c1ccc(-c2cccc(N(c3ccc(-c4cccc(-c5cc6ccccc6o5)c4)cc3)c3ccc4ccccc4c3)c2)cc1. The molecule has 0 aliphatic rings. The number of furan rings is 1. The van der Waals surface area contributed by atoms with E-state index in [2.05, 4.69) is 163 Å². The van der Waals surface area contributed by atoms with Crippen molar-refractivity contribution in [3.8, 4) is 33.6 Å². The van der Waals surface area contributed by atoms with E-state index in [4.69, 9.17) is 4.42 Å². The molecular formula is C42H29NO. The first-order chi connectivity index (χ1) is 21.8. The molecule has 7 aromatic carbocycles. The highest BCUT2D eigenvalue weighted by atomic mass is 16.3. The van der Waals surface area contributed by atoms with Gasteiger partial charge in [0.15, 0.2) is 0 Å². The van der Waals surface area contributed by atoms with Crippen molar-refractivity contribution in [2.45, 2.75) is 0 Å². The predicted octanol–water partition coefficient (Wildman–Crippen LogP) is 12.1. The molecule has 0 aliphatic heterocycles. The third kappa shape index (κ3) is 4.93. The Balaban J connectivity index is 1.19. The molecule has 44 heavy (non-hydrogen) atoms. The molecule has 0 amide bonds. The van der Waals surface area contributed by atoms with E-state index in [-0.39, 0.29) is 0 Å². The monoisotopic (exact) mass is 563 g/mol. The van der Waals surface area contributed by atoms with Gasteiger partial charge in [-0.3, -0.25) is 0 Å². The highest BCUT2D eigenvalue weighted by molar-refractivity contribution is 5.90. The lowest BCUT2D eigenvalue weighted by atomic mass is 10.0. The number of nitrogens with zero attached hydrogens (tertiary/aromatic N) is 1. The van der Waals surface area contributed by atoms with Crippen LogP contribution in [-0.2, 0) is 0 Å². The van der Waals surface area contributed by atoms with Crippen molar-refractivity contribution in [3.63, 3.8) is 0 Å². The molecule has 0 saturated carbocycles. The van der Waals surface area contributed by atoms with Crippen LogP contribution in [0.5, 0.6) is 0 Å². The Morgan fingerprint density at radius 1 is 0.318 bits per heavy atom. The zero-order chi connectivity index (χ0) is 29.3. The lowest BCUT2D eigenvalue weighted by molar-refractivity contribution is 0.631. The molecule has 0 bridgehead atoms. The standard InChI is InChI=1S/C42H29NO/c1-2-10-30(11-3-1)35-16-9-18-39(27-35)43(40-25-22-31-12-4-5-13-34(31)28-40)38-23-20-32(21-24-38)33-15-8-17-36(26-33)42-29-37-14-6-7-19-41(37)44-42/h1-29H. The molecule has 0 radical (unpaired) electrons. The topological polar surface area (TPSA) is 16.4 Å². The Kier molecular flexibility index (Phi) is 6.51. The normalized spacial score (nSPS) is 11.2. The van der Waals surface area contributed by atoms with Crippen LogP contribution in [0.25, 0.3) is 55.3 Å². The number of anilines is 3. The van der Waals surface area contributed by atoms with Gasteiger partial charge in [-0.25, -0.2) is 0 Å². The average Bonchev–Trinajstić information content (AvgIpc) is 3.54. The molecule has 0 atom stereocenters. The maximum Gasteiger partial charge on any atom is 0.135 e. The largest absolute Gasteiger partial charge is 0.456 e. The van der Waals surface area contributed by atoms with Crippen molar-refractivity contribution in [1.82, 2.24) is 0 Å². The fourth-order valence-electron chi connectivity index (χ4n) is 6.00. The molecule has 0 spiro atoms. The highest BCUT2D eigenvalue weighted by Crippen LogP contribution is 2.39. The second-order valence-corrected chi connectivity index (χ2v) is 11.1. The lowest BCUT2D eigenvalue weighted by Crippen LogP contribution is -2.10. The molecule has 0 aliphatic carbocycles. The molecule has 8 rings (SSSR count). The number of fused-ring (bicyclic) bond motifs is 2. The van der Waals surface area contributed by atoms with Gasteiger partial charge < -0.3 is 9.32 Å². The molecular weight excluding hydrogens is 534 g/mol. The van der Waals surface area contributed by atoms with E-state index >= 15 is 0 Å². The predicted molar refractivity (Wildman–Crippen MR) is 185 cm³/mol. The maximum atomic E-state index is 6.16. The Labute approximate surface area is 257 Å². The Morgan fingerprint density at radius 2 is 0.909 bits per heavy atom. The molecule has 1 heterocycles. The van der Waals surface area contributed by atoms with Crippen LogP contribution in [0, 0.1) is 0 Å². The second-order valence-electron chi connectivity index (χ2n) is 11.1. The van der Waals surface area contributed by atoms with Gasteiger partial charge in [0.05, 0.1) is 0 Å². The van der Waals surface area contributed by atoms with Crippen molar-refractivity contribution in [1.29, 1.82) is 0 Å². The van der Waals surface area contributed by atoms with E-state index in [1.807, 2.05) is 18.2 Å². The van der Waals surface area contributed by atoms with Crippen LogP contribution in [0.4, 0.5) is 17.1 Å². The molecule has 2 nitrogen and oxygen atoms in total. The Bertz CT molecular complexity index is 2190. The third-order valence-corrected chi connectivity index (χ3v) is 8.23. The van der Waals surface area contributed by atoms with Crippen molar-refractivity contribution in [3.05, 3.63) is 176 Å². The van der Waals surface area contributed by atoms with Gasteiger partial charge in [0.2, 0.25) is 0 Å². The van der Waals surface area contributed by atoms with Crippen molar-refractivity contribution < 1.29 is 4.42 Å². The maximum absolute atomic E-state index is 6.16. The van der Waals surface area contributed by atoms with Gasteiger partial charge in [-0.2, -0.15) is 0 Å². The van der Waals surface area contributed by atoms with Gasteiger partial charge in [0, 0.05) is 28.0 Å². The van der Waals surface area contributed by atoms with Crippen LogP contribution in [0.1, 0.15) is 0 Å². The number of hydrogen-bond donors (Lipinski definition) is 0. The number of para-hydroxylation sites is 1. The van der Waals surface area contributed by atoms with E-state index in [0.717, 1.165) is 50.5 Å². The van der Waals surface area contributed by atoms with Crippen molar-refractivity contribution >= 4 is 38.8 Å². The first-order valence-electron chi connectivity index (χ1n) is 14.9. The summed E-state index contributed by atoms with van der Waals surface area (Å²) in [6.07, 6.45) is 0. The summed E-state index contributed by atoms with van der Waals surface area (Å²) in [5, 5.41) is 3.56. The van der Waals surface area contributed by atoms with Crippen molar-refractivity contribution in [2.24, 2.45) is 0 Å². The van der Waals surface area contributed by atoms with Crippen LogP contribution in [0.2, 0.25) is 0 Å². The number of benzene rings is 7. The van der Waals surface area contributed by atoms with Crippen LogP contribution in [0.15, 0.2) is 180 Å². The highest BCUT2D eigenvalue weighted by Gasteiger charge is 2.15. The van der Waals surface area contributed by atoms with Gasteiger partial charge in [0.25, 0.3) is 0 Å². The van der Waals surface area contributed by atoms with Crippen LogP contribution >= 0.6 is 0 Å². The fourth-order valence-corrected chi connectivity index (χ4v) is 6.00. The molecule has 2 heteroatoms. The lowest BCUT2D eigenvalue weighted by Gasteiger charge is -2.26. The summed E-state index contributed by atoms with van der Waals surface area (Å²) >= 11 is 0. The minimum atomic E-state index is 0.880. The van der Waals surface area contributed by atoms with E-state index in [1.165, 1.54) is 21.9 Å². The smallest absolute Gasteiger partial charge is 0.135 e. The fraction of sp³-hybridized carbons (Fsp3) is 0. The molecule has 0 unspecified atom stereocenters. The summed E-state index contributed by atoms with van der Waals surface area (Å²) < 4.78 is 6.16. The van der Waals surface area contributed by atoms with Crippen LogP contribution in [0.3, 0.4) is 0 Å². The Hall–Kier alpha value is -5.86. The van der Waals surface area contributed by atoms with Gasteiger partial charge in [-0.05, 0) is 87.6 Å². The summed E-state index contributed by atoms with van der Waals surface area (Å²) in [6.45, 7) is 0. The summed E-state index contributed by atoms with van der Waals surface area (Å²) in [6, 6.07) is 62.2. The molecule has 0 fully saturated rings. The molecule has 208 valence electrons. The van der Waals surface area contributed by atoms with E-state index in [9.17, 15) is 0 Å². The first kappa shape index (κ1) is 25.8. The zero-order valence-electron chi connectivity index (χ0n) is 24.1. The summed E-state index contributed by atoms with van der Waals surface area (Å²) in [4.78, 5) is 2.34.